The number of anilines is 1. The largest absolute Gasteiger partial charge is 0.505 e. The van der Waals surface area contributed by atoms with E-state index in [9.17, 15) is 49.8 Å². The van der Waals surface area contributed by atoms with Crippen LogP contribution in [0.5, 0.6) is 11.5 Å². The van der Waals surface area contributed by atoms with Gasteiger partial charge in [-0.1, -0.05) is 26.0 Å². The van der Waals surface area contributed by atoms with Gasteiger partial charge in [-0.05, 0) is 59.3 Å². The van der Waals surface area contributed by atoms with E-state index < -0.39 is 89.5 Å². The number of phenols is 1. The van der Waals surface area contributed by atoms with Gasteiger partial charge in [0.25, 0.3) is 5.91 Å². The first kappa shape index (κ1) is 40.4. The molecule has 6 aliphatic heterocycles. The lowest BCUT2D eigenvalue weighted by atomic mass is 9.73. The Balaban J connectivity index is 1.80. The number of aliphatic hydroxyl groups excluding tert-OH is 3. The third-order valence-corrected chi connectivity index (χ3v) is 10.7. The number of phenolic OH excluding ortho intramolecular Hbond substituents is 1. The summed E-state index contributed by atoms with van der Waals surface area (Å²) in [5.41, 5.74) is -4.31. The topological polar surface area (TPSA) is 239 Å². The van der Waals surface area contributed by atoms with Gasteiger partial charge in [-0.15, -0.1) is 0 Å². The number of amides is 1. The molecule has 15 nitrogen and oxygen atoms in total. The van der Waals surface area contributed by atoms with Crippen molar-refractivity contribution in [3.8, 4) is 11.5 Å². The van der Waals surface area contributed by atoms with Crippen molar-refractivity contribution in [1.82, 2.24) is 0 Å². The molecular formula is C39H47NO14. The van der Waals surface area contributed by atoms with Crippen LogP contribution in [0.4, 0.5) is 5.69 Å². The SMILES string of the molecule is CC(=O)Oc1c(C)c2c(O)c3c1C1=C(OCOC1=C(C)C3=O)C(C)=CC(C)(O)C(O)C(C)C(O)C1C(=O)OC(C(C)C1O)C(C)(O)/C=C\C=C(\C)C(=O)N2. The number of allylic oxidation sites excluding steroid dienone is 5. The number of benzene rings is 1. The van der Waals surface area contributed by atoms with Gasteiger partial charge in [-0.25, -0.2) is 0 Å². The molecule has 1 aromatic rings. The van der Waals surface area contributed by atoms with E-state index in [1.165, 1.54) is 79.7 Å². The number of nitrogens with one attached hydrogen (secondary N) is 1. The molecule has 1 aliphatic carbocycles. The molecule has 6 heterocycles. The molecule has 8 rings (SSSR count). The predicted molar refractivity (Wildman–Crippen MR) is 191 cm³/mol. The van der Waals surface area contributed by atoms with E-state index in [0.29, 0.717) is 0 Å². The fourth-order valence-electron chi connectivity index (χ4n) is 7.59. The molecule has 1 fully saturated rings. The van der Waals surface area contributed by atoms with Crippen LogP contribution in [0.1, 0.15) is 76.9 Å². The molecule has 1 saturated heterocycles. The summed E-state index contributed by atoms with van der Waals surface area (Å²) in [6.07, 6.45) is -1.21. The highest BCUT2D eigenvalue weighted by molar-refractivity contribution is 6.21. The molecule has 15 heteroatoms. The van der Waals surface area contributed by atoms with Crippen LogP contribution in [-0.4, -0.2) is 96.7 Å². The molecule has 292 valence electrons. The van der Waals surface area contributed by atoms with Crippen LogP contribution in [0.3, 0.4) is 0 Å². The number of rotatable bonds is 1. The summed E-state index contributed by atoms with van der Waals surface area (Å²) in [5, 5.41) is 71.6. The lowest BCUT2D eigenvalue weighted by Gasteiger charge is -2.45. The van der Waals surface area contributed by atoms with Crippen molar-refractivity contribution < 1.29 is 68.8 Å². The molecule has 0 spiro atoms. The van der Waals surface area contributed by atoms with Gasteiger partial charge in [-0.2, -0.15) is 0 Å². The average molecular weight is 754 g/mol. The van der Waals surface area contributed by atoms with E-state index in [1.807, 2.05) is 0 Å². The molecule has 7 aliphatic rings. The number of hydrogen-bond acceptors (Lipinski definition) is 14. The minimum absolute atomic E-state index is 0.0103. The standard InChI is InChI=1S/C39H47NO14/c1-15-11-10-12-38(8,49)35-20(6)29(44)25(37(48)54-35)28(43)19(5)34(46)39(9,50)13-16(2)31-24-22-23(27(42)18(4)32(24)52-14-51-31)30(45)26(40-36(15)47)17(3)33(22)53-21(7)41/h10-13,19-20,25,28-29,34-35,43-46,49-50H,14H2,1-9H3,(H,40,47)/b12-10-,15-11-,16-13?. The summed E-state index contributed by atoms with van der Waals surface area (Å²) in [6, 6.07) is 0. The Labute approximate surface area is 311 Å². The summed E-state index contributed by atoms with van der Waals surface area (Å²) in [5.74, 6) is -7.85. The van der Waals surface area contributed by atoms with Gasteiger partial charge in [0.15, 0.2) is 11.5 Å². The maximum Gasteiger partial charge on any atom is 0.314 e. The molecule has 9 atom stereocenters. The number of carbonyl (C=O) groups is 4. The Bertz CT molecular complexity index is 1960. The van der Waals surface area contributed by atoms with Crippen LogP contribution >= 0.6 is 0 Å². The Kier molecular flexibility index (Phi) is 10.8. The van der Waals surface area contributed by atoms with Gasteiger partial charge >= 0.3 is 11.9 Å². The van der Waals surface area contributed by atoms with E-state index in [2.05, 4.69) is 5.32 Å². The van der Waals surface area contributed by atoms with Crippen molar-refractivity contribution in [3.63, 3.8) is 0 Å². The molecule has 9 unspecified atom stereocenters. The number of ether oxygens (including phenoxy) is 4. The Hall–Kier alpha value is -4.80. The predicted octanol–water partition coefficient (Wildman–Crippen LogP) is 2.61. The number of esters is 2. The second-order valence-corrected chi connectivity index (χ2v) is 14.9. The van der Waals surface area contributed by atoms with E-state index >= 15 is 0 Å². The smallest absolute Gasteiger partial charge is 0.314 e. The zero-order valence-electron chi connectivity index (χ0n) is 31.5. The van der Waals surface area contributed by atoms with Crippen LogP contribution in [0.15, 0.2) is 52.5 Å². The Morgan fingerprint density at radius 2 is 1.52 bits per heavy atom. The van der Waals surface area contributed by atoms with E-state index in [0.717, 1.165) is 6.92 Å². The van der Waals surface area contributed by atoms with Gasteiger partial charge < -0.3 is 54.9 Å². The summed E-state index contributed by atoms with van der Waals surface area (Å²) in [6.45, 7) is 12.1. The minimum atomic E-state index is -2.15. The second-order valence-electron chi connectivity index (χ2n) is 14.9. The van der Waals surface area contributed by atoms with Gasteiger partial charge in [0, 0.05) is 41.0 Å². The van der Waals surface area contributed by atoms with Crippen molar-refractivity contribution in [2.45, 2.75) is 97.9 Å². The van der Waals surface area contributed by atoms with Crippen LogP contribution in [0.25, 0.3) is 5.57 Å². The fraction of sp³-hybridized carbons (Fsp3) is 0.487. The maximum absolute atomic E-state index is 13.9. The van der Waals surface area contributed by atoms with E-state index in [4.69, 9.17) is 18.9 Å². The highest BCUT2D eigenvalue weighted by Gasteiger charge is 2.53. The average Bonchev–Trinajstić information content (AvgIpc) is 3.09. The van der Waals surface area contributed by atoms with Crippen molar-refractivity contribution >= 4 is 34.9 Å². The quantitative estimate of drug-likeness (QED) is 0.124. The van der Waals surface area contributed by atoms with Crippen LogP contribution in [0.2, 0.25) is 0 Å². The number of Topliss-reactive ketones (excluding diaryl/α,β-unsaturated/α-hetero) is 1. The van der Waals surface area contributed by atoms with Gasteiger partial charge in [-0.3, -0.25) is 19.2 Å². The number of aliphatic hydroxyl groups is 5. The lowest BCUT2D eigenvalue weighted by Crippen LogP contribution is -2.60. The minimum Gasteiger partial charge on any atom is -0.505 e. The first-order valence-corrected chi connectivity index (χ1v) is 17.4. The molecule has 7 N–H and O–H groups in total. The van der Waals surface area contributed by atoms with Crippen LogP contribution in [0, 0.1) is 24.7 Å². The molecule has 54 heavy (non-hydrogen) atoms. The molecule has 0 aromatic heterocycles. The van der Waals surface area contributed by atoms with Crippen LogP contribution < -0.4 is 10.1 Å². The van der Waals surface area contributed by atoms with Gasteiger partial charge in [0.2, 0.25) is 6.79 Å². The van der Waals surface area contributed by atoms with Crippen LogP contribution in [-0.2, 0) is 28.6 Å². The Morgan fingerprint density at radius 1 is 0.907 bits per heavy atom. The van der Waals surface area contributed by atoms with Crippen molar-refractivity contribution in [1.29, 1.82) is 0 Å². The van der Waals surface area contributed by atoms with Gasteiger partial charge in [0.05, 0.1) is 35.1 Å². The number of hydrogen-bond donors (Lipinski definition) is 7. The highest BCUT2D eigenvalue weighted by atomic mass is 16.7. The van der Waals surface area contributed by atoms with Crippen molar-refractivity contribution in [2.75, 3.05) is 12.1 Å². The zero-order chi connectivity index (χ0) is 40.4. The lowest BCUT2D eigenvalue weighted by molar-refractivity contribution is -0.211. The van der Waals surface area contributed by atoms with Crippen molar-refractivity contribution in [3.05, 3.63) is 69.2 Å². The number of aromatic hydroxyl groups is 1. The fourth-order valence-corrected chi connectivity index (χ4v) is 7.59. The highest BCUT2D eigenvalue weighted by Crippen LogP contribution is 2.53. The second kappa shape index (κ2) is 14.5. The molecule has 0 radical (unpaired) electrons. The third-order valence-electron chi connectivity index (χ3n) is 10.7. The Morgan fingerprint density at radius 3 is 2.15 bits per heavy atom. The molecule has 6 bridgehead atoms. The summed E-state index contributed by atoms with van der Waals surface area (Å²) in [7, 11) is 0. The first-order valence-electron chi connectivity index (χ1n) is 17.4. The first-order chi connectivity index (χ1) is 25.0. The third kappa shape index (κ3) is 6.86. The van der Waals surface area contributed by atoms with Crippen molar-refractivity contribution in [2.24, 2.45) is 17.8 Å². The summed E-state index contributed by atoms with van der Waals surface area (Å²) >= 11 is 0. The number of ketones is 1. The number of carbonyl (C=O) groups excluding carboxylic acids is 4. The molecular weight excluding hydrogens is 706 g/mol. The maximum atomic E-state index is 13.9. The normalized spacial score (nSPS) is 34.9. The monoisotopic (exact) mass is 753 g/mol. The van der Waals surface area contributed by atoms with E-state index in [-0.39, 0.29) is 61.9 Å². The molecule has 1 aromatic carbocycles. The molecule has 1 amide bonds. The van der Waals surface area contributed by atoms with E-state index in [1.54, 1.807) is 0 Å². The molecule has 0 saturated carbocycles. The summed E-state index contributed by atoms with van der Waals surface area (Å²) in [4.78, 5) is 53.3. The summed E-state index contributed by atoms with van der Waals surface area (Å²) < 4.78 is 22.9. The zero-order valence-corrected chi connectivity index (χ0v) is 31.5. The van der Waals surface area contributed by atoms with Gasteiger partial charge in [0.1, 0.15) is 40.5 Å².